The van der Waals surface area contributed by atoms with Gasteiger partial charge in [0, 0.05) is 24.8 Å². The molecule has 0 radical (unpaired) electrons. The van der Waals surface area contributed by atoms with E-state index in [0.717, 1.165) is 22.1 Å². The van der Waals surface area contributed by atoms with E-state index in [4.69, 9.17) is 5.73 Å². The molecule has 1 heterocycles. The van der Waals surface area contributed by atoms with Crippen LogP contribution in [0.1, 0.15) is 16.1 Å². The number of hydrogen-bond donors (Lipinski definition) is 1. The van der Waals surface area contributed by atoms with Crippen LogP contribution in [0.2, 0.25) is 0 Å². The van der Waals surface area contributed by atoms with Gasteiger partial charge in [0.1, 0.15) is 0 Å². The molecule has 1 aromatic carbocycles. The lowest BCUT2D eigenvalue weighted by Crippen LogP contribution is -2.22. The van der Waals surface area contributed by atoms with Gasteiger partial charge in [0.05, 0.1) is 5.69 Å². The highest BCUT2D eigenvalue weighted by atomic mass is 79.9. The fourth-order valence-corrected chi connectivity index (χ4v) is 2.27. The summed E-state index contributed by atoms with van der Waals surface area (Å²) in [6, 6.07) is 7.68. The predicted octanol–water partition coefficient (Wildman–Crippen LogP) is 1.84. The van der Waals surface area contributed by atoms with Crippen molar-refractivity contribution in [2.75, 3.05) is 20.6 Å². The Morgan fingerprint density at radius 3 is 2.80 bits per heavy atom. The molecule has 2 N–H and O–H groups in total. The second-order valence-electron chi connectivity index (χ2n) is 4.66. The summed E-state index contributed by atoms with van der Waals surface area (Å²) in [6.07, 6.45) is 2.55. The zero-order chi connectivity index (χ0) is 14.7. The van der Waals surface area contributed by atoms with Gasteiger partial charge in [-0.1, -0.05) is 22.0 Å². The first-order chi connectivity index (χ1) is 9.52. The Labute approximate surface area is 126 Å². The fourth-order valence-electron chi connectivity index (χ4n) is 1.92. The number of hydrogen-bond acceptors (Lipinski definition) is 3. The van der Waals surface area contributed by atoms with Gasteiger partial charge < -0.3 is 10.6 Å². The molecule has 0 aliphatic heterocycles. The van der Waals surface area contributed by atoms with Crippen molar-refractivity contribution in [2.24, 2.45) is 5.73 Å². The highest BCUT2D eigenvalue weighted by molar-refractivity contribution is 9.10. The van der Waals surface area contributed by atoms with E-state index in [1.165, 1.54) is 4.90 Å². The summed E-state index contributed by atoms with van der Waals surface area (Å²) >= 11 is 3.46. The molecule has 0 aliphatic rings. The Balaban J connectivity index is 2.41. The van der Waals surface area contributed by atoms with Crippen molar-refractivity contribution in [3.8, 4) is 5.69 Å². The molecule has 0 unspecified atom stereocenters. The number of nitrogens with two attached hydrogens (primary N) is 1. The number of benzene rings is 1. The predicted molar refractivity (Wildman–Crippen MR) is 82.0 cm³/mol. The summed E-state index contributed by atoms with van der Waals surface area (Å²) in [6.45, 7) is 0.569. The molecule has 2 aromatic rings. The number of aromatic nitrogens is 2. The lowest BCUT2D eigenvalue weighted by molar-refractivity contribution is 0.0821. The maximum absolute atomic E-state index is 11.9. The second-order valence-corrected chi connectivity index (χ2v) is 5.57. The second kappa shape index (κ2) is 6.19. The van der Waals surface area contributed by atoms with Crippen molar-refractivity contribution in [3.63, 3.8) is 0 Å². The van der Waals surface area contributed by atoms with Crippen LogP contribution >= 0.6 is 15.9 Å². The quantitative estimate of drug-likeness (QED) is 0.926. The Morgan fingerprint density at radius 1 is 1.40 bits per heavy atom. The first-order valence-electron chi connectivity index (χ1n) is 6.29. The number of rotatable bonds is 4. The maximum atomic E-state index is 11.9. The molecule has 0 atom stereocenters. The maximum Gasteiger partial charge on any atom is 0.273 e. The molecule has 0 fully saturated rings. The van der Waals surface area contributed by atoms with E-state index in [9.17, 15) is 4.79 Å². The lowest BCUT2D eigenvalue weighted by Gasteiger charge is -2.10. The largest absolute Gasteiger partial charge is 0.343 e. The van der Waals surface area contributed by atoms with Crippen LogP contribution in [-0.2, 0) is 6.42 Å². The van der Waals surface area contributed by atoms with Gasteiger partial charge in [0.2, 0.25) is 0 Å². The average molecular weight is 337 g/mol. The molecule has 5 nitrogen and oxygen atoms in total. The van der Waals surface area contributed by atoms with Crippen LogP contribution in [0, 0.1) is 0 Å². The molecule has 1 amide bonds. The summed E-state index contributed by atoms with van der Waals surface area (Å²) in [7, 11) is 3.42. The monoisotopic (exact) mass is 336 g/mol. The van der Waals surface area contributed by atoms with Gasteiger partial charge in [-0.3, -0.25) is 4.79 Å². The summed E-state index contributed by atoms with van der Waals surface area (Å²) in [5.41, 5.74) is 8.09. The summed E-state index contributed by atoms with van der Waals surface area (Å²) in [5.74, 6) is -0.112. The van der Waals surface area contributed by atoms with E-state index in [0.29, 0.717) is 12.2 Å². The summed E-state index contributed by atoms with van der Waals surface area (Å²) in [5, 5.41) is 4.35. The van der Waals surface area contributed by atoms with Crippen LogP contribution in [0.25, 0.3) is 5.69 Å². The van der Waals surface area contributed by atoms with Crippen LogP contribution in [-0.4, -0.2) is 41.2 Å². The zero-order valence-corrected chi connectivity index (χ0v) is 13.1. The molecular formula is C14H17BrN4O. The molecule has 0 saturated carbocycles. The van der Waals surface area contributed by atoms with Crippen molar-refractivity contribution in [2.45, 2.75) is 6.42 Å². The molecule has 1 aromatic heterocycles. The number of nitrogens with zero attached hydrogens (tertiary/aromatic N) is 3. The molecule has 0 bridgehead atoms. The zero-order valence-electron chi connectivity index (χ0n) is 11.5. The van der Waals surface area contributed by atoms with E-state index in [2.05, 4.69) is 21.0 Å². The van der Waals surface area contributed by atoms with Gasteiger partial charge in [0.15, 0.2) is 5.69 Å². The van der Waals surface area contributed by atoms with Gasteiger partial charge in [0.25, 0.3) is 5.91 Å². The Morgan fingerprint density at radius 2 is 2.15 bits per heavy atom. The van der Waals surface area contributed by atoms with Gasteiger partial charge in [-0.05, 0) is 36.7 Å². The van der Waals surface area contributed by atoms with Crippen LogP contribution in [0.3, 0.4) is 0 Å². The summed E-state index contributed by atoms with van der Waals surface area (Å²) in [4.78, 5) is 13.4. The Hall–Kier alpha value is -1.66. The van der Waals surface area contributed by atoms with Gasteiger partial charge in [-0.25, -0.2) is 4.68 Å². The standard InChI is InChI=1S/C14H17BrN4O/c1-18(2)14(20)12-6-8-19(17-12)13-9-11(15)4-3-10(13)5-7-16/h3-4,6,8-9H,5,7,16H2,1-2H3. The Bertz CT molecular complexity index is 621. The molecule has 0 spiro atoms. The van der Waals surface area contributed by atoms with Crippen molar-refractivity contribution >= 4 is 21.8 Å². The number of halogens is 1. The van der Waals surface area contributed by atoms with E-state index in [-0.39, 0.29) is 5.91 Å². The molecule has 20 heavy (non-hydrogen) atoms. The minimum atomic E-state index is -0.112. The smallest absolute Gasteiger partial charge is 0.273 e. The SMILES string of the molecule is CN(C)C(=O)c1ccn(-c2cc(Br)ccc2CCN)n1. The van der Waals surface area contributed by atoms with Crippen LogP contribution < -0.4 is 5.73 Å². The highest BCUT2D eigenvalue weighted by Gasteiger charge is 2.13. The third kappa shape index (κ3) is 3.08. The third-order valence-corrected chi connectivity index (χ3v) is 3.42. The van der Waals surface area contributed by atoms with Crippen molar-refractivity contribution in [1.82, 2.24) is 14.7 Å². The van der Waals surface area contributed by atoms with Crippen molar-refractivity contribution in [1.29, 1.82) is 0 Å². The minimum Gasteiger partial charge on any atom is -0.343 e. The lowest BCUT2D eigenvalue weighted by atomic mass is 10.1. The minimum absolute atomic E-state index is 0.112. The molecule has 0 saturated heterocycles. The molecule has 6 heteroatoms. The van der Waals surface area contributed by atoms with Gasteiger partial charge >= 0.3 is 0 Å². The van der Waals surface area contributed by atoms with E-state index < -0.39 is 0 Å². The van der Waals surface area contributed by atoms with Crippen molar-refractivity contribution < 1.29 is 4.79 Å². The number of carbonyl (C=O) groups excluding carboxylic acids is 1. The Kier molecular flexibility index (Phi) is 4.57. The van der Waals surface area contributed by atoms with E-state index in [1.807, 2.05) is 18.2 Å². The van der Waals surface area contributed by atoms with Crippen LogP contribution in [0.5, 0.6) is 0 Å². The highest BCUT2D eigenvalue weighted by Crippen LogP contribution is 2.20. The van der Waals surface area contributed by atoms with Gasteiger partial charge in [-0.15, -0.1) is 0 Å². The average Bonchev–Trinajstić information content (AvgIpc) is 2.89. The third-order valence-electron chi connectivity index (χ3n) is 2.92. The topological polar surface area (TPSA) is 64.2 Å². The molecule has 0 aliphatic carbocycles. The van der Waals surface area contributed by atoms with E-state index >= 15 is 0 Å². The van der Waals surface area contributed by atoms with Crippen molar-refractivity contribution in [3.05, 3.63) is 46.2 Å². The van der Waals surface area contributed by atoms with Gasteiger partial charge in [-0.2, -0.15) is 5.10 Å². The number of amides is 1. The fraction of sp³-hybridized carbons (Fsp3) is 0.286. The summed E-state index contributed by atoms with van der Waals surface area (Å²) < 4.78 is 2.68. The molecule has 2 rings (SSSR count). The first-order valence-corrected chi connectivity index (χ1v) is 7.08. The number of carbonyl (C=O) groups is 1. The molecule has 106 valence electrons. The van der Waals surface area contributed by atoms with Crippen LogP contribution in [0.4, 0.5) is 0 Å². The molecular weight excluding hydrogens is 320 g/mol. The first kappa shape index (κ1) is 14.7. The normalized spacial score (nSPS) is 10.6. The van der Waals surface area contributed by atoms with Crippen LogP contribution in [0.15, 0.2) is 34.9 Å². The van der Waals surface area contributed by atoms with E-state index in [1.54, 1.807) is 31.0 Å².